The molecule has 8 nitrogen and oxygen atoms in total. The van der Waals surface area contributed by atoms with Crippen molar-refractivity contribution in [3.63, 3.8) is 0 Å². The Morgan fingerprint density at radius 3 is 2.75 bits per heavy atom. The van der Waals surface area contributed by atoms with E-state index in [1.54, 1.807) is 12.1 Å². The summed E-state index contributed by atoms with van der Waals surface area (Å²) in [6.07, 6.45) is 2.28. The van der Waals surface area contributed by atoms with E-state index in [4.69, 9.17) is 13.6 Å². The van der Waals surface area contributed by atoms with Crippen LogP contribution in [0, 0.1) is 11.3 Å². The van der Waals surface area contributed by atoms with Crippen LogP contribution in [0.15, 0.2) is 27.2 Å². The van der Waals surface area contributed by atoms with Crippen molar-refractivity contribution in [1.82, 2.24) is 9.88 Å². The second-order valence-electron chi connectivity index (χ2n) is 5.76. The Bertz CT molecular complexity index is 769. The van der Waals surface area contributed by atoms with E-state index in [0.29, 0.717) is 50.3 Å². The van der Waals surface area contributed by atoms with Gasteiger partial charge in [-0.05, 0) is 12.1 Å². The third-order valence-electron chi connectivity index (χ3n) is 4.40. The van der Waals surface area contributed by atoms with Crippen molar-refractivity contribution < 1.29 is 18.4 Å². The molecule has 4 heterocycles. The molecular weight excluding hydrogens is 312 g/mol. The van der Waals surface area contributed by atoms with E-state index >= 15 is 0 Å². The molecule has 2 aliphatic heterocycles. The van der Waals surface area contributed by atoms with Crippen molar-refractivity contribution in [2.75, 3.05) is 37.7 Å². The molecule has 0 spiro atoms. The van der Waals surface area contributed by atoms with E-state index in [1.165, 1.54) is 6.26 Å². The Balaban J connectivity index is 1.49. The van der Waals surface area contributed by atoms with Gasteiger partial charge >= 0.3 is 5.97 Å². The minimum Gasteiger partial charge on any atom is -0.464 e. The zero-order valence-electron chi connectivity index (χ0n) is 13.0. The first-order chi connectivity index (χ1) is 11.8. The summed E-state index contributed by atoms with van der Waals surface area (Å²) in [5.74, 6) is 1.11. The number of piperazine rings is 1. The van der Waals surface area contributed by atoms with E-state index in [-0.39, 0.29) is 17.7 Å². The van der Waals surface area contributed by atoms with Gasteiger partial charge in [-0.2, -0.15) is 10.2 Å². The van der Waals surface area contributed by atoms with Crippen molar-refractivity contribution >= 4 is 11.9 Å². The molecule has 124 valence electrons. The fourth-order valence-electron chi connectivity index (χ4n) is 3.16. The number of anilines is 1. The monoisotopic (exact) mass is 328 g/mol. The second-order valence-corrected chi connectivity index (χ2v) is 5.76. The summed E-state index contributed by atoms with van der Waals surface area (Å²) in [6.45, 7) is 3.23. The molecular formula is C16H16N4O4. The Morgan fingerprint density at radius 1 is 1.29 bits per heavy atom. The number of cyclic esters (lactones) is 1. The minimum atomic E-state index is -0.143. The zero-order valence-corrected chi connectivity index (χ0v) is 13.0. The van der Waals surface area contributed by atoms with Gasteiger partial charge in [-0.1, -0.05) is 0 Å². The summed E-state index contributed by atoms with van der Waals surface area (Å²) >= 11 is 0. The third kappa shape index (κ3) is 2.53. The largest absolute Gasteiger partial charge is 0.464 e. The lowest BCUT2D eigenvalue weighted by Crippen LogP contribution is -2.51. The van der Waals surface area contributed by atoms with Crippen LogP contribution < -0.4 is 4.90 Å². The molecule has 8 heteroatoms. The quantitative estimate of drug-likeness (QED) is 0.777. The summed E-state index contributed by atoms with van der Waals surface area (Å²) < 4.78 is 16.1. The maximum atomic E-state index is 11.7. The van der Waals surface area contributed by atoms with Gasteiger partial charge in [0.15, 0.2) is 5.76 Å². The van der Waals surface area contributed by atoms with E-state index < -0.39 is 0 Å². The summed E-state index contributed by atoms with van der Waals surface area (Å²) in [5, 5.41) is 9.32. The molecule has 24 heavy (non-hydrogen) atoms. The number of nitriles is 1. The molecule has 0 aliphatic carbocycles. The zero-order chi connectivity index (χ0) is 16.5. The SMILES string of the molecule is N#Cc1nc(-c2ccco2)oc1N1CCN([C@@H]2CCOC2=O)CC1. The molecule has 1 atom stereocenters. The molecule has 0 radical (unpaired) electrons. The summed E-state index contributed by atoms with van der Waals surface area (Å²) in [7, 11) is 0. The number of esters is 1. The number of ether oxygens (including phenoxy) is 1. The van der Waals surface area contributed by atoms with Crippen molar-refractivity contribution in [1.29, 1.82) is 5.26 Å². The molecule has 0 amide bonds. The Hall–Kier alpha value is -2.79. The molecule has 2 aromatic rings. The van der Waals surface area contributed by atoms with Crippen LogP contribution in [0.5, 0.6) is 0 Å². The van der Waals surface area contributed by atoms with Crippen LogP contribution in [0.4, 0.5) is 5.88 Å². The predicted molar refractivity (Wildman–Crippen MR) is 82.1 cm³/mol. The van der Waals surface area contributed by atoms with Gasteiger partial charge < -0.3 is 18.5 Å². The lowest BCUT2D eigenvalue weighted by molar-refractivity contribution is -0.142. The summed E-state index contributed by atoms with van der Waals surface area (Å²) in [6, 6.07) is 5.41. The van der Waals surface area contributed by atoms with Crippen molar-refractivity contribution in [2.24, 2.45) is 0 Å². The van der Waals surface area contributed by atoms with Gasteiger partial charge in [-0.15, -0.1) is 0 Å². The number of aromatic nitrogens is 1. The van der Waals surface area contributed by atoms with Crippen LogP contribution in [0.1, 0.15) is 12.1 Å². The number of carbonyl (C=O) groups is 1. The van der Waals surface area contributed by atoms with E-state index in [0.717, 1.165) is 6.42 Å². The van der Waals surface area contributed by atoms with E-state index in [2.05, 4.69) is 16.0 Å². The smallest absolute Gasteiger partial charge is 0.323 e. The Labute approximate surface area is 138 Å². The van der Waals surface area contributed by atoms with Gasteiger partial charge in [0.05, 0.1) is 12.9 Å². The predicted octanol–water partition coefficient (Wildman–Crippen LogP) is 1.24. The van der Waals surface area contributed by atoms with Crippen LogP contribution >= 0.6 is 0 Å². The highest BCUT2D eigenvalue weighted by Gasteiger charge is 2.35. The Kier molecular flexibility index (Phi) is 3.70. The van der Waals surface area contributed by atoms with Crippen molar-refractivity contribution in [3.8, 4) is 17.7 Å². The molecule has 0 aromatic carbocycles. The molecule has 2 fully saturated rings. The van der Waals surface area contributed by atoms with Crippen molar-refractivity contribution in [3.05, 3.63) is 24.1 Å². The molecule has 2 saturated heterocycles. The van der Waals surface area contributed by atoms with Gasteiger partial charge in [-0.25, -0.2) is 0 Å². The van der Waals surface area contributed by atoms with Gasteiger partial charge in [0.2, 0.25) is 11.6 Å². The standard InChI is InChI=1S/C16H16N4O4/c17-10-11-15(24-14(18-11)13-2-1-8-22-13)20-6-4-19(5-7-20)12-3-9-23-16(12)21/h1-2,8,12H,3-7,9H2/t12-/m1/s1. The molecule has 0 saturated carbocycles. The molecule has 2 aromatic heterocycles. The number of rotatable bonds is 3. The lowest BCUT2D eigenvalue weighted by Gasteiger charge is -2.36. The van der Waals surface area contributed by atoms with Gasteiger partial charge in [-0.3, -0.25) is 9.69 Å². The van der Waals surface area contributed by atoms with Crippen LogP contribution in [0.3, 0.4) is 0 Å². The Morgan fingerprint density at radius 2 is 2.12 bits per heavy atom. The first-order valence-corrected chi connectivity index (χ1v) is 7.86. The lowest BCUT2D eigenvalue weighted by atomic mass is 10.2. The molecule has 2 aliphatic rings. The first-order valence-electron chi connectivity index (χ1n) is 7.86. The summed E-state index contributed by atoms with van der Waals surface area (Å²) in [5.41, 5.74) is 0.245. The fourth-order valence-corrected chi connectivity index (χ4v) is 3.16. The second kappa shape index (κ2) is 6.02. The van der Waals surface area contributed by atoms with E-state index in [1.807, 2.05) is 4.90 Å². The summed E-state index contributed by atoms with van der Waals surface area (Å²) in [4.78, 5) is 20.0. The minimum absolute atomic E-state index is 0.138. The van der Waals surface area contributed by atoms with Crippen LogP contribution in [-0.2, 0) is 9.53 Å². The highest BCUT2D eigenvalue weighted by atomic mass is 16.5. The van der Waals surface area contributed by atoms with Crippen LogP contribution in [0.2, 0.25) is 0 Å². The van der Waals surface area contributed by atoms with Gasteiger partial charge in [0, 0.05) is 32.6 Å². The average Bonchev–Trinajstić information content (AvgIpc) is 3.35. The van der Waals surface area contributed by atoms with Crippen LogP contribution in [-0.4, -0.2) is 54.7 Å². The molecule has 0 bridgehead atoms. The number of nitrogens with zero attached hydrogens (tertiary/aromatic N) is 4. The third-order valence-corrected chi connectivity index (χ3v) is 4.40. The van der Waals surface area contributed by atoms with Crippen LogP contribution in [0.25, 0.3) is 11.7 Å². The van der Waals surface area contributed by atoms with Crippen molar-refractivity contribution in [2.45, 2.75) is 12.5 Å². The average molecular weight is 328 g/mol. The van der Waals surface area contributed by atoms with E-state index in [9.17, 15) is 10.1 Å². The number of hydrogen-bond acceptors (Lipinski definition) is 8. The number of carbonyl (C=O) groups excluding carboxylic acids is 1. The topological polar surface area (TPSA) is 95.7 Å². The molecule has 0 unspecified atom stereocenters. The number of oxazole rings is 1. The maximum absolute atomic E-state index is 11.7. The number of hydrogen-bond donors (Lipinski definition) is 0. The fraction of sp³-hybridized carbons (Fsp3) is 0.438. The highest BCUT2D eigenvalue weighted by Crippen LogP contribution is 2.29. The van der Waals surface area contributed by atoms with Gasteiger partial charge in [0.1, 0.15) is 12.1 Å². The normalized spacial score (nSPS) is 21.7. The highest BCUT2D eigenvalue weighted by molar-refractivity contribution is 5.77. The molecule has 4 rings (SSSR count). The maximum Gasteiger partial charge on any atom is 0.323 e. The number of furan rings is 1. The first kappa shape index (κ1) is 14.8. The van der Waals surface area contributed by atoms with Gasteiger partial charge in [0.25, 0.3) is 5.89 Å². The molecule has 0 N–H and O–H groups in total.